The van der Waals surface area contributed by atoms with Gasteiger partial charge in [0.05, 0.1) is 17.1 Å². The van der Waals surface area contributed by atoms with Gasteiger partial charge in [-0.3, -0.25) is 19.5 Å². The molecule has 2 aromatic heterocycles. The molecule has 0 aliphatic carbocycles. The van der Waals surface area contributed by atoms with Gasteiger partial charge in [0, 0.05) is 16.0 Å². The van der Waals surface area contributed by atoms with Crippen LogP contribution >= 0.6 is 22.7 Å². The molecular weight excluding hydrogens is 395 g/mol. The molecule has 0 N–H and O–H groups in total. The average Bonchev–Trinajstić information content (AvgIpc) is 3.28. The lowest BCUT2D eigenvalue weighted by atomic mass is 10.0. The molecule has 1 amide bonds. The van der Waals surface area contributed by atoms with Gasteiger partial charge in [-0.2, -0.15) is 0 Å². The molecule has 28 heavy (non-hydrogen) atoms. The lowest BCUT2D eigenvalue weighted by Crippen LogP contribution is -2.36. The van der Waals surface area contributed by atoms with Gasteiger partial charge < -0.3 is 0 Å². The van der Waals surface area contributed by atoms with Gasteiger partial charge in [-0.25, -0.2) is 4.39 Å². The number of rotatable bonds is 4. The summed E-state index contributed by atoms with van der Waals surface area (Å²) in [4.78, 5) is 33.8. The summed E-state index contributed by atoms with van der Waals surface area (Å²) in [5.74, 6) is -0.852. The molecule has 0 spiro atoms. The van der Waals surface area contributed by atoms with Gasteiger partial charge in [-0.15, -0.1) is 22.7 Å². The Kier molecular flexibility index (Phi) is 4.95. The van der Waals surface area contributed by atoms with Crippen molar-refractivity contribution in [1.82, 2.24) is 0 Å². The third-order valence-electron chi connectivity index (χ3n) is 4.74. The van der Waals surface area contributed by atoms with Gasteiger partial charge in [0.1, 0.15) is 17.4 Å². The van der Waals surface area contributed by atoms with Crippen LogP contribution in [0.3, 0.4) is 0 Å². The lowest BCUT2D eigenvalue weighted by Gasteiger charge is -2.19. The van der Waals surface area contributed by atoms with Gasteiger partial charge >= 0.3 is 0 Å². The zero-order valence-electron chi connectivity index (χ0n) is 15.4. The largest absolute Gasteiger partial charge is 0.294 e. The number of fused-ring (bicyclic) bond motifs is 1. The predicted molar refractivity (Wildman–Crippen MR) is 112 cm³/mol. The van der Waals surface area contributed by atoms with Crippen molar-refractivity contribution in [1.29, 1.82) is 0 Å². The molecule has 3 aromatic rings. The maximum Gasteiger partial charge on any atom is 0.249 e. The van der Waals surface area contributed by atoms with Crippen molar-refractivity contribution in [3.63, 3.8) is 0 Å². The van der Waals surface area contributed by atoms with Crippen LogP contribution in [0.25, 0.3) is 0 Å². The first-order valence-electron chi connectivity index (χ1n) is 8.73. The van der Waals surface area contributed by atoms with Gasteiger partial charge in [-0.05, 0) is 55.1 Å². The Morgan fingerprint density at radius 2 is 1.96 bits per heavy atom. The van der Waals surface area contributed by atoms with Crippen LogP contribution in [0.1, 0.15) is 31.2 Å². The van der Waals surface area contributed by atoms with Gasteiger partial charge in [-0.1, -0.05) is 6.07 Å². The number of hydrogen-bond acceptors (Lipinski definition) is 5. The summed E-state index contributed by atoms with van der Waals surface area (Å²) in [5, 5.41) is 2.73. The van der Waals surface area contributed by atoms with Gasteiger partial charge in [0.15, 0.2) is 5.78 Å². The zero-order valence-corrected chi connectivity index (χ0v) is 17.0. The van der Waals surface area contributed by atoms with E-state index in [9.17, 15) is 14.0 Å². The van der Waals surface area contributed by atoms with Crippen LogP contribution in [0.4, 0.5) is 9.39 Å². The Bertz CT molecular complexity index is 1080. The molecule has 3 heterocycles. The molecule has 1 aromatic carbocycles. The minimum absolute atomic E-state index is 0.0101. The Morgan fingerprint density at radius 1 is 1.21 bits per heavy atom. The quantitative estimate of drug-likeness (QED) is 0.587. The summed E-state index contributed by atoms with van der Waals surface area (Å²) in [6.45, 7) is 3.92. The van der Waals surface area contributed by atoms with Crippen LogP contribution in [0.5, 0.6) is 0 Å². The molecule has 0 saturated carbocycles. The topological polar surface area (TPSA) is 49.7 Å². The molecule has 1 aliphatic rings. The van der Waals surface area contributed by atoms with E-state index < -0.39 is 5.82 Å². The zero-order chi connectivity index (χ0) is 19.8. The van der Waals surface area contributed by atoms with Crippen LogP contribution in [0.15, 0.2) is 46.8 Å². The van der Waals surface area contributed by atoms with Gasteiger partial charge in [0.2, 0.25) is 5.91 Å². The third kappa shape index (κ3) is 3.31. The average molecular weight is 413 g/mol. The molecule has 0 unspecified atom stereocenters. The highest BCUT2D eigenvalue weighted by Gasteiger charge is 2.31. The molecule has 0 fully saturated rings. The number of benzene rings is 1. The molecule has 7 heteroatoms. The number of hydrogen-bond donors (Lipinski definition) is 0. The maximum absolute atomic E-state index is 13.2. The van der Waals surface area contributed by atoms with Crippen LogP contribution < -0.4 is 4.90 Å². The molecule has 4 nitrogen and oxygen atoms in total. The van der Waals surface area contributed by atoms with Crippen LogP contribution in [0, 0.1) is 19.7 Å². The van der Waals surface area contributed by atoms with E-state index in [1.165, 1.54) is 40.5 Å². The molecule has 0 radical (unpaired) electrons. The highest BCUT2D eigenvalue weighted by Crippen LogP contribution is 2.39. The number of nitrogens with zero attached hydrogens (tertiary/aromatic N) is 2. The molecule has 1 aliphatic heterocycles. The molecule has 0 atom stereocenters. The highest BCUT2D eigenvalue weighted by atomic mass is 32.1. The first kappa shape index (κ1) is 18.7. The summed E-state index contributed by atoms with van der Waals surface area (Å²) in [7, 11) is 0. The van der Waals surface area contributed by atoms with E-state index in [1.54, 1.807) is 11.3 Å². The van der Waals surface area contributed by atoms with Crippen molar-refractivity contribution in [3.05, 3.63) is 74.0 Å². The van der Waals surface area contributed by atoms with E-state index in [4.69, 9.17) is 0 Å². The Balaban J connectivity index is 1.75. The van der Waals surface area contributed by atoms with E-state index in [2.05, 4.69) is 4.99 Å². The number of ketones is 1. The fourth-order valence-electron chi connectivity index (χ4n) is 3.15. The number of aryl methyl sites for hydroxylation is 1. The lowest BCUT2D eigenvalue weighted by molar-refractivity contribution is -0.117. The van der Waals surface area contributed by atoms with Crippen LogP contribution in [0.2, 0.25) is 0 Å². The van der Waals surface area contributed by atoms with Crippen molar-refractivity contribution >= 4 is 45.1 Å². The standard InChI is InChI=1S/C21H17FN2O2S2/c1-12-13(2)28-21-19(12)20(17-4-3-9-27-17)23-10-18(26)24(21)11-16(25)14-5-7-15(22)8-6-14/h3-9H,10-11H2,1-2H3. The summed E-state index contributed by atoms with van der Waals surface area (Å²) in [5.41, 5.74) is 3.17. The smallest absolute Gasteiger partial charge is 0.249 e. The second-order valence-corrected chi connectivity index (χ2v) is 8.67. The van der Waals surface area contributed by atoms with E-state index >= 15 is 0 Å². The monoisotopic (exact) mass is 412 g/mol. The summed E-state index contributed by atoms with van der Waals surface area (Å²) < 4.78 is 13.2. The second kappa shape index (κ2) is 7.41. The molecule has 0 saturated heterocycles. The summed E-state index contributed by atoms with van der Waals surface area (Å²) >= 11 is 3.08. The van der Waals surface area contributed by atoms with Crippen LogP contribution in [-0.2, 0) is 4.79 Å². The van der Waals surface area contributed by atoms with E-state index in [-0.39, 0.29) is 24.8 Å². The van der Waals surface area contributed by atoms with E-state index in [1.807, 2.05) is 31.4 Å². The van der Waals surface area contributed by atoms with E-state index in [0.717, 1.165) is 31.6 Å². The Morgan fingerprint density at radius 3 is 2.64 bits per heavy atom. The van der Waals surface area contributed by atoms with Crippen molar-refractivity contribution in [2.45, 2.75) is 13.8 Å². The minimum Gasteiger partial charge on any atom is -0.294 e. The number of carbonyl (C=O) groups is 2. The minimum atomic E-state index is -0.400. The predicted octanol–water partition coefficient (Wildman–Crippen LogP) is 4.63. The van der Waals surface area contributed by atoms with Crippen molar-refractivity contribution < 1.29 is 14.0 Å². The number of Topliss-reactive ketones (excluding diaryl/α,β-unsaturated/α-hetero) is 1. The van der Waals surface area contributed by atoms with Crippen molar-refractivity contribution in [2.24, 2.45) is 4.99 Å². The van der Waals surface area contributed by atoms with Crippen LogP contribution in [-0.4, -0.2) is 30.5 Å². The molecule has 0 bridgehead atoms. The molecular formula is C21H17FN2O2S2. The summed E-state index contributed by atoms with van der Waals surface area (Å²) in [6, 6.07) is 9.34. The summed E-state index contributed by atoms with van der Waals surface area (Å²) in [6.07, 6.45) is 0. The van der Waals surface area contributed by atoms with Crippen molar-refractivity contribution in [2.75, 3.05) is 18.0 Å². The van der Waals surface area contributed by atoms with Crippen molar-refractivity contribution in [3.8, 4) is 0 Å². The second-order valence-electron chi connectivity index (χ2n) is 6.52. The normalized spacial score (nSPS) is 13.9. The van der Waals surface area contributed by atoms with Gasteiger partial charge in [0.25, 0.3) is 0 Å². The van der Waals surface area contributed by atoms with E-state index in [0.29, 0.717) is 5.56 Å². The Hall–Kier alpha value is -2.64. The molecule has 142 valence electrons. The number of aliphatic imine (C=N–C) groups is 1. The first-order chi connectivity index (χ1) is 13.5. The maximum atomic E-state index is 13.2. The number of amides is 1. The molecule has 4 rings (SSSR count). The number of thiophene rings is 2. The third-order valence-corrected chi connectivity index (χ3v) is 6.85. The SMILES string of the molecule is Cc1sc2c(c1C)C(c1cccs1)=NCC(=O)N2CC(=O)c1ccc(F)cc1. The Labute approximate surface area is 170 Å². The first-order valence-corrected chi connectivity index (χ1v) is 10.4. The highest BCUT2D eigenvalue weighted by molar-refractivity contribution is 7.17. The number of carbonyl (C=O) groups excluding carboxylic acids is 2. The fraction of sp³-hybridized carbons (Fsp3) is 0.190. The fourth-order valence-corrected chi connectivity index (χ4v) is 5.06. The number of anilines is 1. The number of halogens is 1.